The number of anilines is 2. The van der Waals surface area contributed by atoms with Gasteiger partial charge in [-0.3, -0.25) is 14.7 Å². The topological polar surface area (TPSA) is 153 Å². The number of rotatable bonds is 6. The van der Waals surface area contributed by atoms with Crippen LogP contribution in [0.4, 0.5) is 42.5 Å². The Hall–Kier alpha value is -6.04. The predicted molar refractivity (Wildman–Crippen MR) is 175 cm³/mol. The monoisotopic (exact) mass is 752 g/mol. The van der Waals surface area contributed by atoms with Crippen LogP contribution >= 0.6 is 11.6 Å². The molecule has 2 aromatic heterocycles. The number of aromatic nitrogens is 4. The summed E-state index contributed by atoms with van der Waals surface area (Å²) in [4.78, 5) is 36.0. The van der Waals surface area contributed by atoms with Gasteiger partial charge in [0, 0.05) is 48.3 Å². The van der Waals surface area contributed by atoms with Crippen molar-refractivity contribution in [3.05, 3.63) is 101 Å². The minimum Gasteiger partial charge on any atom is -0.465 e. The number of amides is 1. The number of nitrogens with one attached hydrogen (secondary N) is 1. The first kappa shape index (κ1) is 38.8. The Kier molecular flexibility index (Phi) is 11.5. The van der Waals surface area contributed by atoms with E-state index in [0.717, 1.165) is 32.4 Å². The number of methoxy groups -OCH3 is 2. The summed E-state index contributed by atoms with van der Waals surface area (Å²) in [6.07, 6.45) is -5.19. The van der Waals surface area contributed by atoms with Crippen LogP contribution in [0.15, 0.2) is 73.3 Å². The van der Waals surface area contributed by atoms with E-state index in [1.165, 1.54) is 58.4 Å². The van der Waals surface area contributed by atoms with E-state index in [1.807, 2.05) is 0 Å². The third-order valence-corrected chi connectivity index (χ3v) is 7.31. The number of aryl methyl sites for hydroxylation is 2. The van der Waals surface area contributed by atoms with E-state index in [2.05, 4.69) is 25.0 Å². The highest BCUT2D eigenvalue weighted by molar-refractivity contribution is 6.30. The second kappa shape index (κ2) is 15.5. The summed E-state index contributed by atoms with van der Waals surface area (Å²) >= 11 is 5.76. The molecule has 0 spiro atoms. The summed E-state index contributed by atoms with van der Waals surface area (Å²) in [5, 5.41) is 10.3. The molecule has 0 fully saturated rings. The van der Waals surface area contributed by atoms with Crippen LogP contribution in [0.5, 0.6) is 5.75 Å². The quantitative estimate of drug-likeness (QED) is 0.101. The Bertz CT molecular complexity index is 2110. The lowest BCUT2D eigenvalue weighted by Gasteiger charge is -2.17. The lowest BCUT2D eigenvalue weighted by Crippen LogP contribution is -2.20. The zero-order chi connectivity index (χ0) is 38.5. The van der Waals surface area contributed by atoms with Crippen molar-refractivity contribution in [3.8, 4) is 28.0 Å². The largest absolute Gasteiger partial charge is 0.465 e. The van der Waals surface area contributed by atoms with Gasteiger partial charge in [-0.05, 0) is 59.7 Å². The Morgan fingerprint density at radius 1 is 0.750 bits per heavy atom. The molecule has 0 aliphatic carbocycles. The third kappa shape index (κ3) is 9.19. The highest BCUT2D eigenvalue weighted by Gasteiger charge is 2.37. The van der Waals surface area contributed by atoms with Crippen LogP contribution in [0, 0.1) is 0 Å². The number of benzene rings is 3. The third-order valence-electron chi connectivity index (χ3n) is 7.06. The average molecular weight is 753 g/mol. The van der Waals surface area contributed by atoms with Gasteiger partial charge in [0.1, 0.15) is 5.75 Å². The molecule has 0 saturated carbocycles. The fourth-order valence-electron chi connectivity index (χ4n) is 4.70. The van der Waals surface area contributed by atoms with Crippen molar-refractivity contribution in [2.45, 2.75) is 12.4 Å². The van der Waals surface area contributed by atoms with Crippen molar-refractivity contribution in [2.24, 2.45) is 14.1 Å². The van der Waals surface area contributed by atoms with Crippen molar-refractivity contribution in [1.29, 1.82) is 0 Å². The lowest BCUT2D eigenvalue weighted by molar-refractivity contribution is -0.137. The maximum absolute atomic E-state index is 13.8. The van der Waals surface area contributed by atoms with Gasteiger partial charge in [-0.2, -0.15) is 36.5 Å². The molecule has 52 heavy (non-hydrogen) atoms. The Morgan fingerprint density at radius 3 is 1.65 bits per heavy atom. The molecule has 0 aliphatic heterocycles. The molecule has 0 atom stereocenters. The number of nitrogens with two attached hydrogens (primary N) is 1. The number of alkyl halides is 6. The lowest BCUT2D eigenvalue weighted by atomic mass is 9.97. The van der Waals surface area contributed by atoms with E-state index < -0.39 is 47.2 Å². The van der Waals surface area contributed by atoms with Crippen molar-refractivity contribution < 1.29 is 54.9 Å². The van der Waals surface area contributed by atoms with Gasteiger partial charge < -0.3 is 19.9 Å². The van der Waals surface area contributed by atoms with E-state index in [1.54, 1.807) is 14.1 Å². The number of halogens is 7. The van der Waals surface area contributed by atoms with Gasteiger partial charge in [-0.1, -0.05) is 11.6 Å². The van der Waals surface area contributed by atoms with Gasteiger partial charge in [0.25, 0.3) is 0 Å². The van der Waals surface area contributed by atoms with Crippen molar-refractivity contribution >= 4 is 41.0 Å². The van der Waals surface area contributed by atoms with Gasteiger partial charge >= 0.3 is 30.4 Å². The number of ether oxygens (including phenoxy) is 3. The number of hydrogen-bond donors (Lipinski definition) is 2. The second-order valence-corrected chi connectivity index (χ2v) is 11.1. The molecule has 3 aromatic carbocycles. The number of carbonyl (C=O) groups is 3. The molecular weight excluding hydrogens is 726 g/mol. The molecule has 0 radical (unpaired) electrons. The Labute approximate surface area is 295 Å². The van der Waals surface area contributed by atoms with Crippen LogP contribution in [-0.2, 0) is 35.9 Å². The number of nitrogen functional groups attached to an aromatic ring is 1. The molecule has 2 heterocycles. The van der Waals surface area contributed by atoms with Crippen LogP contribution in [0.1, 0.15) is 31.8 Å². The smallest absolute Gasteiger partial charge is 0.417 e. The van der Waals surface area contributed by atoms with Crippen molar-refractivity contribution in [2.75, 3.05) is 25.3 Å². The van der Waals surface area contributed by atoms with Gasteiger partial charge in [0.2, 0.25) is 0 Å². The fourth-order valence-corrected chi connectivity index (χ4v) is 4.82. The fraction of sp³-hybridized carbons (Fsp3) is 0.182. The Balaban J connectivity index is 0.000000251. The van der Waals surface area contributed by atoms with E-state index in [9.17, 15) is 40.7 Å². The normalized spacial score (nSPS) is 11.3. The SMILES string of the molecule is COC(=O)c1cc(-c2cnn(C)c2)c(C(F)(F)F)cc1N.COC(=O)c1cc(-c2cnn(C)c2)c(C(F)(F)F)cc1NC(=O)Oc1ccc(Cl)cc1. The summed E-state index contributed by atoms with van der Waals surface area (Å²) in [6.45, 7) is 0. The molecular formula is C33H27ClF6N6O6. The molecule has 5 rings (SSSR count). The molecule has 0 bridgehead atoms. The van der Waals surface area contributed by atoms with Crippen molar-refractivity contribution in [1.82, 2.24) is 19.6 Å². The van der Waals surface area contributed by atoms with E-state index in [4.69, 9.17) is 22.1 Å². The molecule has 1 amide bonds. The minimum atomic E-state index is -4.78. The van der Waals surface area contributed by atoms with Crippen molar-refractivity contribution in [3.63, 3.8) is 0 Å². The first-order valence-electron chi connectivity index (χ1n) is 14.5. The highest BCUT2D eigenvalue weighted by atomic mass is 35.5. The van der Waals surface area contributed by atoms with Crippen LogP contribution < -0.4 is 15.8 Å². The molecule has 3 N–H and O–H groups in total. The van der Waals surface area contributed by atoms with Crippen LogP contribution in [0.25, 0.3) is 22.3 Å². The summed E-state index contributed by atoms with van der Waals surface area (Å²) in [6, 6.07) is 9.17. The summed E-state index contributed by atoms with van der Waals surface area (Å²) in [5.41, 5.74) is 2.29. The standard InChI is InChI=1S/C20H15ClF3N3O4.C13H12F3N3O2/c1-27-10-11(9-25-27)14-7-15(18(28)30-2)17(8-16(14)20(22,23)24)26-19(29)31-13-5-3-12(21)4-6-13;1-19-6-7(5-18-19)8-3-9(12(20)21-2)11(17)4-10(8)13(14,15)16/h3-10H,1-2H3,(H,26,29);3-6H,17H2,1-2H3. The molecule has 19 heteroatoms. The molecule has 5 aromatic rings. The first-order valence-corrected chi connectivity index (χ1v) is 14.8. The van der Waals surface area contributed by atoms with Crippen LogP contribution in [0.2, 0.25) is 5.02 Å². The molecule has 0 aliphatic rings. The molecule has 12 nitrogen and oxygen atoms in total. The summed E-state index contributed by atoms with van der Waals surface area (Å²) in [7, 11) is 5.32. The van der Waals surface area contributed by atoms with Gasteiger partial charge in [-0.25, -0.2) is 14.4 Å². The summed E-state index contributed by atoms with van der Waals surface area (Å²) < 4.78 is 97.6. The van der Waals surface area contributed by atoms with Gasteiger partial charge in [-0.15, -0.1) is 0 Å². The van der Waals surface area contributed by atoms with Gasteiger partial charge in [0.15, 0.2) is 0 Å². The molecule has 0 saturated heterocycles. The molecule has 0 unspecified atom stereocenters. The Morgan fingerprint density at radius 2 is 1.21 bits per heavy atom. The summed E-state index contributed by atoms with van der Waals surface area (Å²) in [5.74, 6) is -1.64. The van der Waals surface area contributed by atoms with Crippen LogP contribution in [-0.4, -0.2) is 51.8 Å². The zero-order valence-corrected chi connectivity index (χ0v) is 28.1. The number of nitrogens with zero attached hydrogens (tertiary/aromatic N) is 4. The van der Waals surface area contributed by atoms with Gasteiger partial charge in [0.05, 0.1) is 54.6 Å². The average Bonchev–Trinajstić information content (AvgIpc) is 3.72. The number of carbonyl (C=O) groups excluding carboxylic acids is 3. The highest BCUT2D eigenvalue weighted by Crippen LogP contribution is 2.41. The van der Waals surface area contributed by atoms with E-state index in [-0.39, 0.29) is 44.8 Å². The maximum Gasteiger partial charge on any atom is 0.417 e. The van der Waals surface area contributed by atoms with E-state index in [0.29, 0.717) is 11.1 Å². The second-order valence-electron chi connectivity index (χ2n) is 10.7. The predicted octanol–water partition coefficient (Wildman–Crippen LogP) is 7.63. The zero-order valence-electron chi connectivity index (χ0n) is 27.4. The number of esters is 2. The van der Waals surface area contributed by atoms with E-state index >= 15 is 0 Å². The number of hydrogen-bond acceptors (Lipinski definition) is 9. The first-order chi connectivity index (χ1) is 24.3. The maximum atomic E-state index is 13.8. The van der Waals surface area contributed by atoms with Crippen LogP contribution in [0.3, 0.4) is 0 Å². The molecule has 274 valence electrons. The minimum absolute atomic E-state index is 0.101.